The Bertz CT molecular complexity index is 1760. The minimum atomic E-state index is -4.18. The summed E-state index contributed by atoms with van der Waals surface area (Å²) >= 11 is 6.58. The Hall–Kier alpha value is -4.14. The number of nitrogens with one attached hydrogen (secondary N) is 1. The number of hydrogen-bond acceptors (Lipinski definition) is 4. The fraction of sp³-hybridized carbons (Fsp3) is 0.297. The maximum absolute atomic E-state index is 14.6. The fourth-order valence-electron chi connectivity index (χ4n) is 5.24. The van der Waals surface area contributed by atoms with E-state index in [1.807, 2.05) is 83.1 Å². The van der Waals surface area contributed by atoms with Crippen molar-refractivity contribution in [1.82, 2.24) is 10.2 Å². The number of amides is 2. The van der Waals surface area contributed by atoms with Crippen molar-refractivity contribution in [3.8, 4) is 0 Å². The van der Waals surface area contributed by atoms with Crippen molar-refractivity contribution in [2.24, 2.45) is 0 Å². The number of carbonyl (C=O) groups is 2. The van der Waals surface area contributed by atoms with E-state index >= 15 is 0 Å². The van der Waals surface area contributed by atoms with Gasteiger partial charge in [-0.15, -0.1) is 0 Å². The van der Waals surface area contributed by atoms with Crippen LogP contribution >= 0.6 is 11.6 Å². The molecule has 0 aliphatic carbocycles. The van der Waals surface area contributed by atoms with E-state index < -0.39 is 28.5 Å². The van der Waals surface area contributed by atoms with E-state index in [2.05, 4.69) is 5.32 Å². The van der Waals surface area contributed by atoms with Crippen LogP contribution in [0.15, 0.2) is 102 Å². The highest BCUT2D eigenvalue weighted by molar-refractivity contribution is 7.92. The molecule has 1 N–H and O–H groups in total. The number of aryl methyl sites for hydroxylation is 3. The largest absolute Gasteiger partial charge is 0.352 e. The van der Waals surface area contributed by atoms with E-state index in [-0.39, 0.29) is 29.8 Å². The lowest BCUT2D eigenvalue weighted by atomic mass is 10.0. The topological polar surface area (TPSA) is 86.8 Å². The molecule has 0 saturated carbocycles. The van der Waals surface area contributed by atoms with Gasteiger partial charge in [-0.1, -0.05) is 102 Å². The molecule has 2 atom stereocenters. The SMILES string of the molecule is CC[C@@H](C)NC(=O)[C@H](Cc1ccccc1)N(Cc1ccccc1Cl)C(=O)CN(c1ccc(C)cc1C)S(=O)(=O)c1ccc(C)cc1. The molecule has 0 spiro atoms. The summed E-state index contributed by atoms with van der Waals surface area (Å²) in [5.41, 5.74) is 4.48. The molecule has 0 heterocycles. The second kappa shape index (κ2) is 15.4. The van der Waals surface area contributed by atoms with Gasteiger partial charge in [0.1, 0.15) is 12.6 Å². The molecule has 4 aromatic rings. The zero-order valence-corrected chi connectivity index (χ0v) is 28.6. The predicted molar refractivity (Wildman–Crippen MR) is 185 cm³/mol. The molecule has 9 heteroatoms. The van der Waals surface area contributed by atoms with Crippen molar-refractivity contribution < 1.29 is 18.0 Å². The van der Waals surface area contributed by atoms with Gasteiger partial charge >= 0.3 is 0 Å². The summed E-state index contributed by atoms with van der Waals surface area (Å²) in [4.78, 5) is 30.1. The molecule has 0 radical (unpaired) electrons. The normalized spacial score (nSPS) is 12.7. The molecule has 7 nitrogen and oxygen atoms in total. The Morgan fingerprint density at radius 2 is 1.48 bits per heavy atom. The van der Waals surface area contributed by atoms with E-state index in [1.165, 1.54) is 4.90 Å². The molecular weight excluding hydrogens is 618 g/mol. The monoisotopic (exact) mass is 659 g/mol. The Morgan fingerprint density at radius 3 is 2.11 bits per heavy atom. The van der Waals surface area contributed by atoms with Crippen LogP contribution in [0.5, 0.6) is 0 Å². The van der Waals surface area contributed by atoms with Crippen LogP contribution in [0.4, 0.5) is 5.69 Å². The van der Waals surface area contributed by atoms with Crippen molar-refractivity contribution in [2.45, 2.75) is 71.0 Å². The van der Waals surface area contributed by atoms with Gasteiger partial charge in [-0.2, -0.15) is 0 Å². The first-order chi connectivity index (χ1) is 21.9. The molecule has 242 valence electrons. The second-order valence-corrected chi connectivity index (χ2v) is 14.0. The van der Waals surface area contributed by atoms with Crippen LogP contribution in [-0.2, 0) is 32.6 Å². The molecule has 0 fully saturated rings. The van der Waals surface area contributed by atoms with Crippen LogP contribution in [0.3, 0.4) is 0 Å². The van der Waals surface area contributed by atoms with E-state index in [1.54, 1.807) is 48.5 Å². The Balaban J connectivity index is 1.84. The number of rotatable bonds is 13. The first kappa shape index (κ1) is 34.7. The van der Waals surface area contributed by atoms with Gasteiger partial charge in [0.2, 0.25) is 11.8 Å². The number of anilines is 1. The first-order valence-electron chi connectivity index (χ1n) is 15.4. The molecule has 0 aliphatic heterocycles. The number of hydrogen-bond donors (Lipinski definition) is 1. The van der Waals surface area contributed by atoms with Crippen LogP contribution in [0.1, 0.15) is 48.1 Å². The lowest BCUT2D eigenvalue weighted by Gasteiger charge is -2.34. The van der Waals surface area contributed by atoms with Crippen molar-refractivity contribution in [2.75, 3.05) is 10.8 Å². The Kier molecular flexibility index (Phi) is 11.7. The average Bonchev–Trinajstić information content (AvgIpc) is 3.03. The summed E-state index contributed by atoms with van der Waals surface area (Å²) < 4.78 is 29.7. The first-order valence-corrected chi connectivity index (χ1v) is 17.3. The summed E-state index contributed by atoms with van der Waals surface area (Å²) in [6.07, 6.45) is 0.936. The zero-order chi connectivity index (χ0) is 33.4. The van der Waals surface area contributed by atoms with Crippen LogP contribution in [0.2, 0.25) is 5.02 Å². The molecular formula is C37H42ClN3O4S. The van der Waals surface area contributed by atoms with E-state index in [0.717, 1.165) is 21.0 Å². The fourth-order valence-corrected chi connectivity index (χ4v) is 6.92. The average molecular weight is 660 g/mol. The van der Waals surface area contributed by atoms with Gasteiger partial charge in [-0.05, 0) is 75.1 Å². The lowest BCUT2D eigenvalue weighted by Crippen LogP contribution is -2.54. The molecule has 0 aliphatic rings. The van der Waals surface area contributed by atoms with Gasteiger partial charge in [0.05, 0.1) is 10.6 Å². The Morgan fingerprint density at radius 1 is 0.848 bits per heavy atom. The Labute approximate surface area is 278 Å². The molecule has 4 rings (SSSR count). The van der Waals surface area contributed by atoms with Crippen molar-refractivity contribution in [1.29, 1.82) is 0 Å². The van der Waals surface area contributed by atoms with E-state index in [9.17, 15) is 18.0 Å². The van der Waals surface area contributed by atoms with Crippen molar-refractivity contribution in [3.05, 3.63) is 130 Å². The minimum Gasteiger partial charge on any atom is -0.352 e. The standard InChI is InChI=1S/C37H42ClN3O4S/c1-6-29(5)39-37(43)35(23-30-12-8-7-9-13-30)40(24-31-14-10-11-15-33(31)38)36(42)25-41(34-21-18-27(3)22-28(34)4)46(44,45)32-19-16-26(2)17-20-32/h7-22,29,35H,6,23-25H2,1-5H3,(H,39,43)/t29-,35+/m1/s1. The zero-order valence-electron chi connectivity index (χ0n) is 27.0. The second-order valence-electron chi connectivity index (χ2n) is 11.8. The quantitative estimate of drug-likeness (QED) is 0.167. The molecule has 0 unspecified atom stereocenters. The third kappa shape index (κ3) is 8.56. The predicted octanol–water partition coefficient (Wildman–Crippen LogP) is 7.02. The maximum Gasteiger partial charge on any atom is 0.264 e. The molecule has 0 aromatic heterocycles. The van der Waals surface area contributed by atoms with Crippen LogP contribution in [-0.4, -0.2) is 43.8 Å². The summed E-state index contributed by atoms with van der Waals surface area (Å²) in [7, 11) is -4.18. The van der Waals surface area contributed by atoms with Gasteiger partial charge in [0.25, 0.3) is 10.0 Å². The van der Waals surface area contributed by atoms with Crippen LogP contribution in [0, 0.1) is 20.8 Å². The third-order valence-corrected chi connectivity index (χ3v) is 10.2. The number of sulfonamides is 1. The molecule has 2 amide bonds. The maximum atomic E-state index is 14.6. The van der Waals surface area contributed by atoms with Gasteiger partial charge in [-0.3, -0.25) is 13.9 Å². The molecule has 0 saturated heterocycles. The summed E-state index contributed by atoms with van der Waals surface area (Å²) in [5.74, 6) is -0.853. The van der Waals surface area contributed by atoms with Crippen molar-refractivity contribution in [3.63, 3.8) is 0 Å². The highest BCUT2D eigenvalue weighted by Crippen LogP contribution is 2.29. The summed E-state index contributed by atoms with van der Waals surface area (Å²) in [6.45, 7) is 9.00. The smallest absolute Gasteiger partial charge is 0.264 e. The highest BCUT2D eigenvalue weighted by atomic mass is 35.5. The number of carbonyl (C=O) groups excluding carboxylic acids is 2. The van der Waals surface area contributed by atoms with Gasteiger partial charge < -0.3 is 10.2 Å². The van der Waals surface area contributed by atoms with Crippen molar-refractivity contribution >= 4 is 39.1 Å². The highest BCUT2D eigenvalue weighted by Gasteiger charge is 2.35. The number of halogens is 1. The number of nitrogens with zero attached hydrogens (tertiary/aromatic N) is 2. The summed E-state index contributed by atoms with van der Waals surface area (Å²) in [5, 5.41) is 3.49. The third-order valence-electron chi connectivity index (χ3n) is 8.08. The van der Waals surface area contributed by atoms with E-state index in [4.69, 9.17) is 11.6 Å². The molecule has 4 aromatic carbocycles. The van der Waals surface area contributed by atoms with E-state index in [0.29, 0.717) is 28.3 Å². The number of benzene rings is 4. The van der Waals surface area contributed by atoms with Gasteiger partial charge in [0.15, 0.2) is 0 Å². The minimum absolute atomic E-state index is 0.00916. The molecule has 0 bridgehead atoms. The van der Waals surface area contributed by atoms with Gasteiger partial charge in [0, 0.05) is 24.0 Å². The summed E-state index contributed by atoms with van der Waals surface area (Å²) in [6, 6.07) is 27.5. The van der Waals surface area contributed by atoms with Crippen LogP contribution in [0.25, 0.3) is 0 Å². The van der Waals surface area contributed by atoms with Crippen LogP contribution < -0.4 is 9.62 Å². The van der Waals surface area contributed by atoms with Gasteiger partial charge in [-0.25, -0.2) is 8.42 Å². The lowest BCUT2D eigenvalue weighted by molar-refractivity contribution is -0.140. The molecule has 46 heavy (non-hydrogen) atoms.